The third kappa shape index (κ3) is 3.53. The molecule has 0 radical (unpaired) electrons. The standard InChI is InChI=1S/C22H20ClNO4/c1-13-5-7-15(8-6-13)11-17-20(22(26)28-4)14(2)24(21(17)25)16-9-10-19(27-3)18(23)12-16/h5-12H,1-4H3/b17-11+. The van der Waals surface area contributed by atoms with Crippen molar-refractivity contribution in [2.75, 3.05) is 19.1 Å². The zero-order valence-corrected chi connectivity index (χ0v) is 16.8. The molecule has 1 heterocycles. The molecule has 2 aromatic carbocycles. The molecule has 0 N–H and O–H groups in total. The molecule has 0 saturated heterocycles. The predicted molar refractivity (Wildman–Crippen MR) is 109 cm³/mol. The van der Waals surface area contributed by atoms with Gasteiger partial charge in [-0.15, -0.1) is 0 Å². The number of methoxy groups -OCH3 is 2. The van der Waals surface area contributed by atoms with Crippen molar-refractivity contribution in [2.24, 2.45) is 0 Å². The Kier molecular flexibility index (Phi) is 5.56. The average Bonchev–Trinajstić information content (AvgIpc) is 2.92. The number of nitrogens with zero attached hydrogens (tertiary/aromatic N) is 1. The lowest BCUT2D eigenvalue weighted by molar-refractivity contribution is -0.136. The summed E-state index contributed by atoms with van der Waals surface area (Å²) in [5.41, 5.74) is 3.46. The topological polar surface area (TPSA) is 55.8 Å². The molecule has 0 saturated carbocycles. The second-order valence-corrected chi connectivity index (χ2v) is 6.79. The van der Waals surface area contributed by atoms with Crippen LogP contribution < -0.4 is 9.64 Å². The molecule has 144 valence electrons. The van der Waals surface area contributed by atoms with E-state index in [4.69, 9.17) is 21.1 Å². The molecule has 6 heteroatoms. The van der Waals surface area contributed by atoms with Crippen molar-refractivity contribution in [3.63, 3.8) is 0 Å². The molecule has 0 spiro atoms. The van der Waals surface area contributed by atoms with Gasteiger partial charge in [-0.1, -0.05) is 41.4 Å². The van der Waals surface area contributed by atoms with Gasteiger partial charge in [0.2, 0.25) is 0 Å². The number of carbonyl (C=O) groups excluding carboxylic acids is 2. The van der Waals surface area contributed by atoms with Gasteiger partial charge in [-0.3, -0.25) is 9.69 Å². The number of aryl methyl sites for hydroxylation is 1. The van der Waals surface area contributed by atoms with Gasteiger partial charge in [-0.05, 0) is 43.7 Å². The number of allylic oxidation sites excluding steroid dienone is 1. The van der Waals surface area contributed by atoms with Crippen LogP contribution in [0.1, 0.15) is 18.1 Å². The smallest absolute Gasteiger partial charge is 0.340 e. The highest BCUT2D eigenvalue weighted by Gasteiger charge is 2.38. The fraction of sp³-hybridized carbons (Fsp3) is 0.182. The van der Waals surface area contributed by atoms with Gasteiger partial charge in [0.15, 0.2) is 0 Å². The molecule has 1 aliphatic rings. The second-order valence-electron chi connectivity index (χ2n) is 6.38. The van der Waals surface area contributed by atoms with Crippen molar-refractivity contribution < 1.29 is 19.1 Å². The lowest BCUT2D eigenvalue weighted by Gasteiger charge is -2.19. The Labute approximate surface area is 168 Å². The van der Waals surface area contributed by atoms with E-state index < -0.39 is 5.97 Å². The van der Waals surface area contributed by atoms with Gasteiger partial charge in [-0.2, -0.15) is 0 Å². The fourth-order valence-corrected chi connectivity index (χ4v) is 3.37. The van der Waals surface area contributed by atoms with Crippen LogP contribution in [-0.4, -0.2) is 26.1 Å². The van der Waals surface area contributed by atoms with Crippen molar-refractivity contribution >= 4 is 35.2 Å². The van der Waals surface area contributed by atoms with E-state index in [1.165, 1.54) is 19.1 Å². The quantitative estimate of drug-likeness (QED) is 0.561. The molecule has 5 nitrogen and oxygen atoms in total. The summed E-state index contributed by atoms with van der Waals surface area (Å²) in [6.07, 6.45) is 1.70. The number of carbonyl (C=O) groups is 2. The van der Waals surface area contributed by atoms with Crippen LogP contribution in [-0.2, 0) is 14.3 Å². The van der Waals surface area contributed by atoms with E-state index in [2.05, 4.69) is 0 Å². The molecule has 3 rings (SSSR count). The zero-order chi connectivity index (χ0) is 20.4. The number of halogens is 1. The van der Waals surface area contributed by atoms with Gasteiger partial charge in [-0.25, -0.2) is 4.79 Å². The van der Waals surface area contributed by atoms with E-state index in [9.17, 15) is 9.59 Å². The maximum atomic E-state index is 13.2. The lowest BCUT2D eigenvalue weighted by atomic mass is 10.0. The maximum Gasteiger partial charge on any atom is 0.340 e. The number of hydrogen-bond donors (Lipinski definition) is 0. The van der Waals surface area contributed by atoms with Gasteiger partial charge in [0.1, 0.15) is 5.75 Å². The molecule has 0 atom stereocenters. The minimum atomic E-state index is -0.564. The first-order chi connectivity index (χ1) is 13.4. The summed E-state index contributed by atoms with van der Waals surface area (Å²) in [4.78, 5) is 27.1. The van der Waals surface area contributed by atoms with Crippen molar-refractivity contribution in [3.05, 3.63) is 75.5 Å². The van der Waals surface area contributed by atoms with Gasteiger partial charge in [0.05, 0.1) is 36.1 Å². The van der Waals surface area contributed by atoms with E-state index in [-0.39, 0.29) is 17.1 Å². The largest absolute Gasteiger partial charge is 0.495 e. The van der Waals surface area contributed by atoms with Crippen LogP contribution in [0.4, 0.5) is 5.69 Å². The number of ether oxygens (including phenoxy) is 2. The van der Waals surface area contributed by atoms with E-state index in [1.54, 1.807) is 31.2 Å². The van der Waals surface area contributed by atoms with Crippen LogP contribution in [0, 0.1) is 6.92 Å². The lowest BCUT2D eigenvalue weighted by Crippen LogP contribution is -2.24. The Bertz CT molecular complexity index is 1010. The minimum Gasteiger partial charge on any atom is -0.495 e. The summed E-state index contributed by atoms with van der Waals surface area (Å²) >= 11 is 6.23. The number of amides is 1. The summed E-state index contributed by atoms with van der Waals surface area (Å²) in [5, 5.41) is 0.371. The SMILES string of the molecule is COC(=O)C1=C(C)N(c2ccc(OC)c(Cl)c2)C(=O)/C1=C/c1ccc(C)cc1. The highest BCUT2D eigenvalue weighted by molar-refractivity contribution is 6.32. The number of esters is 1. The molecule has 1 aliphatic heterocycles. The molecule has 0 unspecified atom stereocenters. The fourth-order valence-electron chi connectivity index (χ4n) is 3.11. The number of rotatable bonds is 4. The second kappa shape index (κ2) is 7.90. The molecule has 0 fully saturated rings. The van der Waals surface area contributed by atoms with E-state index >= 15 is 0 Å². The van der Waals surface area contributed by atoms with Crippen LogP contribution in [0.25, 0.3) is 6.08 Å². The van der Waals surface area contributed by atoms with Crippen molar-refractivity contribution in [1.29, 1.82) is 0 Å². The van der Waals surface area contributed by atoms with Gasteiger partial charge in [0.25, 0.3) is 5.91 Å². The van der Waals surface area contributed by atoms with Crippen LogP contribution in [0.2, 0.25) is 5.02 Å². The molecule has 28 heavy (non-hydrogen) atoms. The summed E-state index contributed by atoms with van der Waals surface area (Å²) in [7, 11) is 2.81. The van der Waals surface area contributed by atoms with Crippen molar-refractivity contribution in [1.82, 2.24) is 0 Å². The number of anilines is 1. The first-order valence-corrected chi connectivity index (χ1v) is 9.01. The first-order valence-electron chi connectivity index (χ1n) is 8.63. The molecule has 2 aromatic rings. The molecule has 1 amide bonds. The molecular weight excluding hydrogens is 378 g/mol. The molecule has 0 bridgehead atoms. The summed E-state index contributed by atoms with van der Waals surface area (Å²) in [6.45, 7) is 3.69. The maximum absolute atomic E-state index is 13.2. The number of benzene rings is 2. The van der Waals surface area contributed by atoms with Crippen LogP contribution in [0.5, 0.6) is 5.75 Å². The summed E-state index contributed by atoms with van der Waals surface area (Å²) in [5.74, 6) is -0.381. The highest BCUT2D eigenvalue weighted by atomic mass is 35.5. The Morgan fingerprint density at radius 3 is 2.32 bits per heavy atom. The number of hydrogen-bond acceptors (Lipinski definition) is 4. The average molecular weight is 398 g/mol. The molecule has 0 aliphatic carbocycles. The monoisotopic (exact) mass is 397 g/mol. The minimum absolute atomic E-state index is 0.236. The molecular formula is C22H20ClNO4. The van der Waals surface area contributed by atoms with Crippen molar-refractivity contribution in [3.8, 4) is 5.75 Å². The third-order valence-corrected chi connectivity index (χ3v) is 4.87. The summed E-state index contributed by atoms with van der Waals surface area (Å²) < 4.78 is 10.1. The van der Waals surface area contributed by atoms with Gasteiger partial charge in [0, 0.05) is 5.70 Å². The third-order valence-electron chi connectivity index (χ3n) is 4.57. The highest BCUT2D eigenvalue weighted by Crippen LogP contribution is 2.38. The van der Waals surface area contributed by atoms with Crippen LogP contribution >= 0.6 is 11.6 Å². The van der Waals surface area contributed by atoms with Gasteiger partial charge >= 0.3 is 5.97 Å². The van der Waals surface area contributed by atoms with Gasteiger partial charge < -0.3 is 9.47 Å². The van der Waals surface area contributed by atoms with E-state index in [1.807, 2.05) is 31.2 Å². The Hall–Kier alpha value is -3.05. The van der Waals surface area contributed by atoms with Crippen molar-refractivity contribution in [2.45, 2.75) is 13.8 Å². The van der Waals surface area contributed by atoms with Crippen LogP contribution in [0.3, 0.4) is 0 Å². The van der Waals surface area contributed by atoms with E-state index in [0.29, 0.717) is 22.2 Å². The Balaban J connectivity index is 2.12. The normalized spacial score (nSPS) is 15.4. The van der Waals surface area contributed by atoms with Crippen LogP contribution in [0.15, 0.2) is 59.3 Å². The Morgan fingerprint density at radius 2 is 1.75 bits per heavy atom. The first kappa shape index (κ1) is 19.7. The summed E-state index contributed by atoms with van der Waals surface area (Å²) in [6, 6.07) is 12.7. The van der Waals surface area contributed by atoms with E-state index in [0.717, 1.165) is 11.1 Å². The Morgan fingerprint density at radius 1 is 1.07 bits per heavy atom. The predicted octanol–water partition coefficient (Wildman–Crippen LogP) is 4.53. The zero-order valence-electron chi connectivity index (χ0n) is 16.1. The molecule has 0 aromatic heterocycles.